The Kier molecular flexibility index (Phi) is 4.62. The van der Waals surface area contributed by atoms with Crippen LogP contribution in [0.2, 0.25) is 0 Å². The first-order valence-corrected chi connectivity index (χ1v) is 8.51. The highest BCUT2D eigenvalue weighted by Crippen LogP contribution is 2.21. The monoisotopic (exact) mass is 353 g/mol. The van der Waals surface area contributed by atoms with E-state index in [1.165, 1.54) is 0 Å². The lowest BCUT2D eigenvalue weighted by atomic mass is 10.1. The van der Waals surface area contributed by atoms with Gasteiger partial charge in [-0.3, -0.25) is 0 Å². The topological polar surface area (TPSA) is 46.2 Å². The van der Waals surface area contributed by atoms with Crippen LogP contribution in [0.5, 0.6) is 0 Å². The van der Waals surface area contributed by atoms with E-state index in [0.29, 0.717) is 4.90 Å². The van der Waals surface area contributed by atoms with Crippen LogP contribution < -0.4 is 4.72 Å². The van der Waals surface area contributed by atoms with E-state index in [4.69, 9.17) is 0 Å². The van der Waals surface area contributed by atoms with Crippen molar-refractivity contribution in [3.8, 4) is 0 Å². The van der Waals surface area contributed by atoms with Gasteiger partial charge in [0.15, 0.2) is 0 Å². The van der Waals surface area contributed by atoms with E-state index in [2.05, 4.69) is 20.7 Å². The van der Waals surface area contributed by atoms with Crippen molar-refractivity contribution in [2.45, 2.75) is 24.8 Å². The summed E-state index contributed by atoms with van der Waals surface area (Å²) >= 11 is 3.39. The van der Waals surface area contributed by atoms with Gasteiger partial charge in [0, 0.05) is 10.5 Å². The Morgan fingerprint density at radius 3 is 2.45 bits per heavy atom. The number of benzene rings is 2. The minimum atomic E-state index is -3.52. The minimum Gasteiger partial charge on any atom is -0.207 e. The molecule has 0 bridgehead atoms. The molecule has 0 radical (unpaired) electrons. The summed E-state index contributed by atoms with van der Waals surface area (Å²) in [5.74, 6) is 0. The maximum absolute atomic E-state index is 12.4. The predicted octanol–water partition coefficient (Wildman–Crippen LogP) is 3.80. The van der Waals surface area contributed by atoms with Crippen molar-refractivity contribution in [2.75, 3.05) is 0 Å². The van der Waals surface area contributed by atoms with Crippen molar-refractivity contribution in [2.24, 2.45) is 0 Å². The summed E-state index contributed by atoms with van der Waals surface area (Å²) in [4.78, 5) is 0.321. The number of halogens is 1. The van der Waals surface area contributed by atoms with Crippen LogP contribution in [-0.4, -0.2) is 8.42 Å². The lowest BCUT2D eigenvalue weighted by molar-refractivity contribution is 0.566. The predicted molar refractivity (Wildman–Crippen MR) is 84.1 cm³/mol. The lowest BCUT2D eigenvalue weighted by Gasteiger charge is -2.16. The van der Waals surface area contributed by atoms with Gasteiger partial charge in [-0.1, -0.05) is 46.3 Å². The second kappa shape index (κ2) is 6.08. The normalized spacial score (nSPS) is 13.2. The second-order valence-electron chi connectivity index (χ2n) is 4.66. The van der Waals surface area contributed by atoms with Gasteiger partial charge in [0.25, 0.3) is 0 Å². The number of hydrogen-bond acceptors (Lipinski definition) is 2. The Labute approximate surface area is 128 Å². The molecule has 1 N–H and O–H groups in total. The number of hydrogen-bond donors (Lipinski definition) is 1. The summed E-state index contributed by atoms with van der Waals surface area (Å²) in [7, 11) is -3.52. The maximum atomic E-state index is 12.4. The van der Waals surface area contributed by atoms with E-state index in [0.717, 1.165) is 15.6 Å². The van der Waals surface area contributed by atoms with Crippen molar-refractivity contribution in [1.29, 1.82) is 0 Å². The molecule has 0 spiro atoms. The van der Waals surface area contributed by atoms with Gasteiger partial charge in [-0.15, -0.1) is 0 Å². The van der Waals surface area contributed by atoms with Gasteiger partial charge in [0.05, 0.1) is 4.90 Å². The molecule has 1 atom stereocenters. The summed E-state index contributed by atoms with van der Waals surface area (Å²) in [6, 6.07) is 14.3. The van der Waals surface area contributed by atoms with E-state index in [1.807, 2.05) is 37.3 Å². The molecular formula is C15H16BrNO2S. The zero-order valence-corrected chi connectivity index (χ0v) is 13.7. The molecule has 0 saturated heterocycles. The van der Waals surface area contributed by atoms with Gasteiger partial charge in [-0.25, -0.2) is 13.1 Å². The van der Waals surface area contributed by atoms with Crippen molar-refractivity contribution < 1.29 is 8.42 Å². The summed E-state index contributed by atoms with van der Waals surface area (Å²) in [6.45, 7) is 3.62. The highest BCUT2D eigenvalue weighted by molar-refractivity contribution is 9.10. The summed E-state index contributed by atoms with van der Waals surface area (Å²) < 4.78 is 28.4. The Bertz CT molecular complexity index is 713. The molecule has 106 valence electrons. The van der Waals surface area contributed by atoms with Crippen LogP contribution in [0, 0.1) is 6.92 Å². The Balaban J connectivity index is 2.27. The van der Waals surface area contributed by atoms with Crippen LogP contribution in [0.4, 0.5) is 0 Å². The summed E-state index contributed by atoms with van der Waals surface area (Å²) in [5, 5.41) is 0. The molecule has 0 saturated carbocycles. The molecule has 0 aliphatic carbocycles. The van der Waals surface area contributed by atoms with Gasteiger partial charge in [0.1, 0.15) is 0 Å². The van der Waals surface area contributed by atoms with E-state index >= 15 is 0 Å². The molecule has 0 aliphatic rings. The van der Waals surface area contributed by atoms with Crippen LogP contribution in [0.15, 0.2) is 57.9 Å². The molecule has 2 aromatic rings. The molecular weight excluding hydrogens is 338 g/mol. The number of aryl methyl sites for hydroxylation is 1. The van der Waals surface area contributed by atoms with Gasteiger partial charge >= 0.3 is 0 Å². The molecule has 20 heavy (non-hydrogen) atoms. The molecule has 0 heterocycles. The molecule has 2 aromatic carbocycles. The number of nitrogens with one attached hydrogen (secondary N) is 1. The molecule has 0 aliphatic heterocycles. The molecule has 0 fully saturated rings. The first-order chi connectivity index (χ1) is 9.40. The highest BCUT2D eigenvalue weighted by Gasteiger charge is 2.19. The van der Waals surface area contributed by atoms with Gasteiger partial charge in [-0.2, -0.15) is 0 Å². The largest absolute Gasteiger partial charge is 0.241 e. The fourth-order valence-corrected chi connectivity index (χ4v) is 3.89. The third-order valence-electron chi connectivity index (χ3n) is 3.06. The molecule has 0 aromatic heterocycles. The fourth-order valence-electron chi connectivity index (χ4n) is 2.00. The standard InChI is InChI=1S/C15H16BrNO2S/c1-11-6-3-4-9-15(11)20(18,19)17-12(2)13-7-5-8-14(16)10-13/h3-10,12,17H,1-2H3/t12-/m1/s1. The van der Waals surface area contributed by atoms with Crippen LogP contribution >= 0.6 is 15.9 Å². The molecule has 5 heteroatoms. The summed E-state index contributed by atoms with van der Waals surface area (Å²) in [6.07, 6.45) is 0. The van der Waals surface area contributed by atoms with E-state index < -0.39 is 10.0 Å². The van der Waals surface area contributed by atoms with Crippen LogP contribution in [-0.2, 0) is 10.0 Å². The molecule has 0 amide bonds. The number of rotatable bonds is 4. The smallest absolute Gasteiger partial charge is 0.207 e. The zero-order chi connectivity index (χ0) is 14.8. The molecule has 3 nitrogen and oxygen atoms in total. The lowest BCUT2D eigenvalue weighted by Crippen LogP contribution is -2.27. The first kappa shape index (κ1) is 15.2. The highest BCUT2D eigenvalue weighted by atomic mass is 79.9. The quantitative estimate of drug-likeness (QED) is 0.908. The second-order valence-corrected chi connectivity index (χ2v) is 7.26. The van der Waals surface area contributed by atoms with E-state index in [1.54, 1.807) is 25.1 Å². The third kappa shape index (κ3) is 3.48. The van der Waals surface area contributed by atoms with Gasteiger partial charge < -0.3 is 0 Å². The average Bonchev–Trinajstić information content (AvgIpc) is 2.38. The Morgan fingerprint density at radius 1 is 1.10 bits per heavy atom. The molecule has 0 unspecified atom stereocenters. The first-order valence-electron chi connectivity index (χ1n) is 6.23. The Morgan fingerprint density at radius 2 is 1.80 bits per heavy atom. The minimum absolute atomic E-state index is 0.294. The Hall–Kier alpha value is -1.17. The SMILES string of the molecule is Cc1ccccc1S(=O)(=O)N[C@H](C)c1cccc(Br)c1. The van der Waals surface area contributed by atoms with Crippen molar-refractivity contribution >= 4 is 26.0 Å². The average molecular weight is 354 g/mol. The van der Waals surface area contributed by atoms with E-state index in [-0.39, 0.29) is 6.04 Å². The van der Waals surface area contributed by atoms with Crippen molar-refractivity contribution in [3.63, 3.8) is 0 Å². The van der Waals surface area contributed by atoms with Crippen molar-refractivity contribution in [3.05, 3.63) is 64.1 Å². The van der Waals surface area contributed by atoms with E-state index in [9.17, 15) is 8.42 Å². The van der Waals surface area contributed by atoms with Gasteiger partial charge in [0.2, 0.25) is 10.0 Å². The van der Waals surface area contributed by atoms with Crippen LogP contribution in [0.1, 0.15) is 24.1 Å². The number of sulfonamides is 1. The van der Waals surface area contributed by atoms with Crippen molar-refractivity contribution in [1.82, 2.24) is 4.72 Å². The molecule has 2 rings (SSSR count). The fraction of sp³-hybridized carbons (Fsp3) is 0.200. The third-order valence-corrected chi connectivity index (χ3v) is 5.26. The van der Waals surface area contributed by atoms with Crippen LogP contribution in [0.25, 0.3) is 0 Å². The summed E-state index contributed by atoms with van der Waals surface area (Å²) in [5.41, 5.74) is 1.65. The maximum Gasteiger partial charge on any atom is 0.241 e. The van der Waals surface area contributed by atoms with Gasteiger partial charge in [-0.05, 0) is 43.2 Å². The zero-order valence-electron chi connectivity index (χ0n) is 11.3. The van der Waals surface area contributed by atoms with Crippen LogP contribution in [0.3, 0.4) is 0 Å².